The SMILES string of the molecule is CCC(C)COC1OC(CSOOO)C(C)C(C)C1C. The molecule has 0 aliphatic carbocycles. The quantitative estimate of drug-likeness (QED) is 0.319. The maximum atomic E-state index is 8.17. The first-order chi connectivity index (χ1) is 9.51. The molecule has 1 aliphatic heterocycles. The molecule has 0 bridgehead atoms. The van der Waals surface area contributed by atoms with E-state index in [9.17, 15) is 0 Å². The van der Waals surface area contributed by atoms with Gasteiger partial charge in [0, 0.05) is 23.7 Å². The molecule has 1 aliphatic rings. The van der Waals surface area contributed by atoms with Gasteiger partial charge < -0.3 is 9.47 Å². The highest BCUT2D eigenvalue weighted by Gasteiger charge is 2.39. The largest absolute Gasteiger partial charge is 0.352 e. The zero-order chi connectivity index (χ0) is 15.1. The predicted molar refractivity (Wildman–Crippen MR) is 78.8 cm³/mol. The fourth-order valence-corrected chi connectivity index (χ4v) is 2.98. The highest BCUT2D eigenvalue weighted by Crippen LogP contribution is 2.36. The van der Waals surface area contributed by atoms with Crippen molar-refractivity contribution in [1.82, 2.24) is 0 Å². The minimum atomic E-state index is -0.171. The van der Waals surface area contributed by atoms with Crippen LogP contribution >= 0.6 is 12.0 Å². The highest BCUT2D eigenvalue weighted by atomic mass is 32.2. The van der Waals surface area contributed by atoms with E-state index in [4.69, 9.17) is 14.7 Å². The molecule has 5 nitrogen and oxygen atoms in total. The summed E-state index contributed by atoms with van der Waals surface area (Å²) in [5.74, 6) is 2.42. The Labute approximate surface area is 126 Å². The van der Waals surface area contributed by atoms with E-state index in [0.717, 1.165) is 25.1 Å². The van der Waals surface area contributed by atoms with Crippen LogP contribution in [-0.4, -0.2) is 30.0 Å². The van der Waals surface area contributed by atoms with Crippen molar-refractivity contribution < 1.29 is 24.1 Å². The zero-order valence-electron chi connectivity index (χ0n) is 13.1. The molecule has 6 atom stereocenters. The second-order valence-corrected chi connectivity index (χ2v) is 6.60. The van der Waals surface area contributed by atoms with Crippen LogP contribution in [0.2, 0.25) is 0 Å². The van der Waals surface area contributed by atoms with Gasteiger partial charge in [-0.2, -0.15) is 0 Å². The van der Waals surface area contributed by atoms with Gasteiger partial charge >= 0.3 is 0 Å². The summed E-state index contributed by atoms with van der Waals surface area (Å²) in [4.78, 5) is 0. The Morgan fingerprint density at radius 2 is 1.90 bits per heavy atom. The summed E-state index contributed by atoms with van der Waals surface area (Å²) in [6.07, 6.45) is 0.965. The molecular formula is C14H28O5S. The van der Waals surface area contributed by atoms with Crippen molar-refractivity contribution in [3.63, 3.8) is 0 Å². The summed E-state index contributed by atoms with van der Waals surface area (Å²) in [7, 11) is 0. The lowest BCUT2D eigenvalue weighted by molar-refractivity contribution is -0.432. The van der Waals surface area contributed by atoms with Gasteiger partial charge in [-0.05, 0) is 17.8 Å². The molecule has 0 aromatic carbocycles. The van der Waals surface area contributed by atoms with E-state index in [1.54, 1.807) is 0 Å². The topological polar surface area (TPSA) is 57.2 Å². The van der Waals surface area contributed by atoms with Gasteiger partial charge in [0.1, 0.15) is 0 Å². The van der Waals surface area contributed by atoms with Gasteiger partial charge in [0.15, 0.2) is 6.29 Å². The Kier molecular flexibility index (Phi) is 8.39. The van der Waals surface area contributed by atoms with Gasteiger partial charge in [-0.1, -0.05) is 46.1 Å². The third-order valence-electron chi connectivity index (χ3n) is 4.54. The van der Waals surface area contributed by atoms with Crippen LogP contribution < -0.4 is 0 Å². The number of rotatable bonds is 8. The summed E-state index contributed by atoms with van der Waals surface area (Å²) >= 11 is 1.04. The average Bonchev–Trinajstić information content (AvgIpc) is 2.45. The van der Waals surface area contributed by atoms with Crippen LogP contribution in [0.15, 0.2) is 0 Å². The van der Waals surface area contributed by atoms with Gasteiger partial charge in [-0.15, -0.1) is 4.33 Å². The summed E-state index contributed by atoms with van der Waals surface area (Å²) in [5, 5.41) is 11.8. The first kappa shape index (κ1) is 18.2. The van der Waals surface area contributed by atoms with Crippen LogP contribution in [0.1, 0.15) is 41.0 Å². The molecule has 0 amide bonds. The van der Waals surface area contributed by atoms with Crippen molar-refractivity contribution in [2.24, 2.45) is 23.7 Å². The predicted octanol–water partition coefficient (Wildman–Crippen LogP) is 3.75. The number of hydrogen-bond donors (Lipinski definition) is 1. The minimum absolute atomic E-state index is 0.0308. The zero-order valence-corrected chi connectivity index (χ0v) is 13.9. The van der Waals surface area contributed by atoms with Crippen LogP contribution in [0.3, 0.4) is 0 Å². The highest BCUT2D eigenvalue weighted by molar-refractivity contribution is 7.94. The first-order valence-electron chi connectivity index (χ1n) is 7.37. The molecule has 1 saturated heterocycles. The van der Waals surface area contributed by atoms with Gasteiger partial charge in [-0.25, -0.2) is 5.26 Å². The molecule has 6 heteroatoms. The van der Waals surface area contributed by atoms with Gasteiger partial charge in [0.25, 0.3) is 0 Å². The molecule has 1 heterocycles. The maximum absolute atomic E-state index is 8.17. The second-order valence-electron chi connectivity index (χ2n) is 5.89. The van der Waals surface area contributed by atoms with Crippen LogP contribution in [-0.2, 0) is 18.8 Å². The molecule has 1 fully saturated rings. The van der Waals surface area contributed by atoms with E-state index in [1.165, 1.54) is 0 Å². The van der Waals surface area contributed by atoms with Crippen molar-refractivity contribution in [3.8, 4) is 0 Å². The molecule has 1 N–H and O–H groups in total. The van der Waals surface area contributed by atoms with Crippen LogP contribution in [0.4, 0.5) is 0 Å². The smallest absolute Gasteiger partial charge is 0.160 e. The molecule has 6 unspecified atom stereocenters. The summed E-state index contributed by atoms with van der Waals surface area (Å²) < 4.78 is 16.5. The fraction of sp³-hybridized carbons (Fsp3) is 1.00. The maximum Gasteiger partial charge on any atom is 0.160 e. The Balaban J connectivity index is 2.52. The molecule has 0 spiro atoms. The standard InChI is InChI=1S/C14H28O5S/c1-6-9(2)7-16-14-12(5)10(3)11(4)13(17-14)8-20-19-18-15/h9-15H,6-8H2,1-5H3. The van der Waals surface area contributed by atoms with Crippen molar-refractivity contribution in [2.75, 3.05) is 12.4 Å². The van der Waals surface area contributed by atoms with Crippen molar-refractivity contribution in [1.29, 1.82) is 0 Å². The molecule has 0 saturated carbocycles. The van der Waals surface area contributed by atoms with Crippen LogP contribution in [0.25, 0.3) is 0 Å². The van der Waals surface area contributed by atoms with Crippen LogP contribution in [0.5, 0.6) is 0 Å². The lowest BCUT2D eigenvalue weighted by Crippen LogP contribution is -2.47. The molecule has 120 valence electrons. The summed E-state index contributed by atoms with van der Waals surface area (Å²) in [5.41, 5.74) is 0. The van der Waals surface area contributed by atoms with Crippen molar-refractivity contribution in [3.05, 3.63) is 0 Å². The lowest BCUT2D eigenvalue weighted by Gasteiger charge is -2.43. The van der Waals surface area contributed by atoms with Gasteiger partial charge in [0.05, 0.1) is 12.7 Å². The van der Waals surface area contributed by atoms with E-state index < -0.39 is 0 Å². The Morgan fingerprint density at radius 1 is 1.20 bits per heavy atom. The number of ether oxygens (including phenoxy) is 2. The van der Waals surface area contributed by atoms with E-state index in [0.29, 0.717) is 29.4 Å². The third kappa shape index (κ3) is 5.16. The monoisotopic (exact) mass is 308 g/mol. The Bertz CT molecular complexity index is 266. The molecule has 1 rings (SSSR count). The third-order valence-corrected chi connectivity index (χ3v) is 5.16. The molecular weight excluding hydrogens is 280 g/mol. The molecule has 0 aromatic rings. The van der Waals surface area contributed by atoms with Gasteiger partial charge in [-0.3, -0.25) is 0 Å². The normalized spacial score (nSPS) is 36.0. The van der Waals surface area contributed by atoms with E-state index in [-0.39, 0.29) is 12.4 Å². The van der Waals surface area contributed by atoms with E-state index >= 15 is 0 Å². The van der Waals surface area contributed by atoms with Gasteiger partial charge in [0.2, 0.25) is 0 Å². The van der Waals surface area contributed by atoms with E-state index in [1.807, 2.05) is 0 Å². The summed E-state index contributed by atoms with van der Waals surface area (Å²) in [6.45, 7) is 11.7. The minimum Gasteiger partial charge on any atom is -0.352 e. The molecule has 0 radical (unpaired) electrons. The fourth-order valence-electron chi connectivity index (χ4n) is 2.36. The Hall–Kier alpha value is 0.150. The van der Waals surface area contributed by atoms with Crippen molar-refractivity contribution >= 4 is 12.0 Å². The lowest BCUT2D eigenvalue weighted by atomic mass is 9.79. The molecule has 0 aromatic heterocycles. The van der Waals surface area contributed by atoms with E-state index in [2.05, 4.69) is 44.0 Å². The van der Waals surface area contributed by atoms with Crippen LogP contribution in [0, 0.1) is 23.7 Å². The molecule has 20 heavy (non-hydrogen) atoms. The van der Waals surface area contributed by atoms with Crippen molar-refractivity contribution in [2.45, 2.75) is 53.4 Å². The summed E-state index contributed by atoms with van der Waals surface area (Å²) in [6, 6.07) is 0. The average molecular weight is 308 g/mol. The second kappa shape index (κ2) is 9.23. The first-order valence-corrected chi connectivity index (χ1v) is 8.29. The Morgan fingerprint density at radius 3 is 2.50 bits per heavy atom. The number of hydrogen-bond acceptors (Lipinski definition) is 6.